The van der Waals surface area contributed by atoms with Crippen molar-refractivity contribution in [1.82, 2.24) is 0 Å². The average Bonchev–Trinajstić information content (AvgIpc) is 2.56. The number of amides is 1. The summed E-state index contributed by atoms with van der Waals surface area (Å²) in [6, 6.07) is 4.70. The minimum Gasteiger partial charge on any atom is -0.449 e. The van der Waals surface area contributed by atoms with E-state index in [0.717, 1.165) is 32.4 Å². The maximum absolute atomic E-state index is 11.6. The third kappa shape index (κ3) is 4.99. The number of hydrogen-bond donors (Lipinski definition) is 1. The first-order valence-electron chi connectivity index (χ1n) is 7.65. The summed E-state index contributed by atoms with van der Waals surface area (Å²) < 4.78 is 4.92. The molecule has 126 valence electrons. The summed E-state index contributed by atoms with van der Waals surface area (Å²) in [6.07, 6.45) is 3.13. The molecular formula is C15H20ClN3O4. The molecule has 0 radical (unpaired) electrons. The fourth-order valence-corrected chi connectivity index (χ4v) is 2.63. The van der Waals surface area contributed by atoms with E-state index in [2.05, 4.69) is 5.32 Å². The van der Waals surface area contributed by atoms with Crippen LogP contribution in [-0.4, -0.2) is 36.6 Å². The third-order valence-corrected chi connectivity index (χ3v) is 3.89. The van der Waals surface area contributed by atoms with E-state index in [1.165, 1.54) is 6.07 Å². The van der Waals surface area contributed by atoms with Crippen LogP contribution < -0.4 is 10.2 Å². The summed E-state index contributed by atoms with van der Waals surface area (Å²) in [5.74, 6) is 0.406. The van der Waals surface area contributed by atoms with Gasteiger partial charge in [0, 0.05) is 25.0 Å². The summed E-state index contributed by atoms with van der Waals surface area (Å²) in [5, 5.41) is 13.8. The van der Waals surface area contributed by atoms with E-state index >= 15 is 0 Å². The zero-order valence-corrected chi connectivity index (χ0v) is 13.6. The molecule has 8 heteroatoms. The molecule has 1 saturated heterocycles. The number of benzene rings is 1. The Hall–Kier alpha value is -2.02. The van der Waals surface area contributed by atoms with Crippen LogP contribution >= 0.6 is 11.6 Å². The highest BCUT2D eigenvalue weighted by Crippen LogP contribution is 2.32. The van der Waals surface area contributed by atoms with Crippen LogP contribution in [0, 0.1) is 10.1 Å². The number of hydrogen-bond acceptors (Lipinski definition) is 5. The number of nitrogens with one attached hydrogen (secondary N) is 1. The number of alkyl halides is 1. The molecule has 1 amide bonds. The van der Waals surface area contributed by atoms with E-state index in [1.54, 1.807) is 12.1 Å². The quantitative estimate of drug-likeness (QED) is 0.368. The van der Waals surface area contributed by atoms with Crippen molar-refractivity contribution >= 4 is 34.8 Å². The predicted octanol–water partition coefficient (Wildman–Crippen LogP) is 3.76. The van der Waals surface area contributed by atoms with E-state index < -0.39 is 11.0 Å². The van der Waals surface area contributed by atoms with Gasteiger partial charge in [-0.1, -0.05) is 0 Å². The molecule has 1 aliphatic rings. The third-order valence-electron chi connectivity index (χ3n) is 3.63. The van der Waals surface area contributed by atoms with Gasteiger partial charge < -0.3 is 9.64 Å². The Balaban J connectivity index is 2.09. The zero-order chi connectivity index (χ0) is 16.7. The Morgan fingerprint density at radius 2 is 2.09 bits per heavy atom. The highest BCUT2D eigenvalue weighted by Gasteiger charge is 2.22. The molecule has 0 saturated carbocycles. The summed E-state index contributed by atoms with van der Waals surface area (Å²) in [5.41, 5.74) is 0.926. The van der Waals surface area contributed by atoms with Crippen molar-refractivity contribution in [2.45, 2.75) is 25.7 Å². The summed E-state index contributed by atoms with van der Waals surface area (Å²) >= 11 is 5.50. The van der Waals surface area contributed by atoms with Gasteiger partial charge in [-0.2, -0.15) is 0 Å². The van der Waals surface area contributed by atoms with Crippen LogP contribution in [0.25, 0.3) is 0 Å². The SMILES string of the molecule is O=C(Nc1ccc(N2CCCCC2)c([N+](=O)[O-])c1)OCCCCl. The minimum absolute atomic E-state index is 0.00884. The molecule has 0 bridgehead atoms. The van der Waals surface area contributed by atoms with Gasteiger partial charge in [-0.15, -0.1) is 11.6 Å². The maximum Gasteiger partial charge on any atom is 0.411 e. The molecule has 2 rings (SSSR count). The van der Waals surface area contributed by atoms with Gasteiger partial charge in [0.05, 0.1) is 17.2 Å². The van der Waals surface area contributed by atoms with E-state index in [9.17, 15) is 14.9 Å². The molecule has 0 spiro atoms. The number of nitro groups is 1. The molecule has 0 unspecified atom stereocenters. The summed E-state index contributed by atoms with van der Waals surface area (Å²) in [7, 11) is 0. The van der Waals surface area contributed by atoms with Crippen LogP contribution in [0.5, 0.6) is 0 Å². The van der Waals surface area contributed by atoms with Gasteiger partial charge >= 0.3 is 6.09 Å². The van der Waals surface area contributed by atoms with Crippen LogP contribution in [0.1, 0.15) is 25.7 Å². The fourth-order valence-electron chi connectivity index (χ4n) is 2.52. The van der Waals surface area contributed by atoms with E-state index in [0.29, 0.717) is 23.7 Å². The van der Waals surface area contributed by atoms with Crippen molar-refractivity contribution in [2.75, 3.05) is 35.8 Å². The van der Waals surface area contributed by atoms with E-state index in [1.807, 2.05) is 4.90 Å². The lowest BCUT2D eigenvalue weighted by atomic mass is 10.1. The lowest BCUT2D eigenvalue weighted by molar-refractivity contribution is -0.384. The normalized spacial score (nSPS) is 14.4. The van der Waals surface area contributed by atoms with E-state index in [4.69, 9.17) is 16.3 Å². The Morgan fingerprint density at radius 3 is 2.74 bits per heavy atom. The first kappa shape index (κ1) is 17.3. The molecule has 1 fully saturated rings. The van der Waals surface area contributed by atoms with Crippen molar-refractivity contribution in [3.63, 3.8) is 0 Å². The standard InChI is InChI=1S/C15H20ClN3O4/c16-7-4-10-23-15(20)17-12-5-6-13(14(11-12)19(21)22)18-8-2-1-3-9-18/h5-6,11H,1-4,7-10H2,(H,17,20). The molecular weight excluding hydrogens is 322 g/mol. The smallest absolute Gasteiger partial charge is 0.411 e. The second-order valence-electron chi connectivity index (χ2n) is 5.31. The number of nitro benzene ring substituents is 1. The monoisotopic (exact) mass is 341 g/mol. The second-order valence-corrected chi connectivity index (χ2v) is 5.69. The molecule has 1 aliphatic heterocycles. The van der Waals surface area contributed by atoms with Gasteiger partial charge in [0.25, 0.3) is 5.69 Å². The summed E-state index contributed by atoms with van der Waals surface area (Å²) in [6.45, 7) is 1.84. The molecule has 1 aromatic carbocycles. The lowest BCUT2D eigenvalue weighted by Crippen LogP contribution is -2.30. The molecule has 1 heterocycles. The van der Waals surface area contributed by atoms with Crippen molar-refractivity contribution in [2.24, 2.45) is 0 Å². The zero-order valence-electron chi connectivity index (χ0n) is 12.8. The Kier molecular flexibility index (Phi) is 6.46. The van der Waals surface area contributed by atoms with Crippen LogP contribution in [-0.2, 0) is 4.74 Å². The molecule has 1 aromatic rings. The molecule has 7 nitrogen and oxygen atoms in total. The molecule has 0 aliphatic carbocycles. The van der Waals surface area contributed by atoms with Crippen molar-refractivity contribution < 1.29 is 14.5 Å². The maximum atomic E-state index is 11.6. The summed E-state index contributed by atoms with van der Waals surface area (Å²) in [4.78, 5) is 24.5. The average molecular weight is 342 g/mol. The van der Waals surface area contributed by atoms with Gasteiger partial charge in [-0.05, 0) is 37.8 Å². The van der Waals surface area contributed by atoms with Gasteiger partial charge in [0.1, 0.15) is 5.69 Å². The lowest BCUT2D eigenvalue weighted by Gasteiger charge is -2.28. The second kappa shape index (κ2) is 8.57. The van der Waals surface area contributed by atoms with Crippen molar-refractivity contribution in [3.8, 4) is 0 Å². The van der Waals surface area contributed by atoms with Gasteiger partial charge in [-0.3, -0.25) is 15.4 Å². The van der Waals surface area contributed by atoms with Crippen LogP contribution in [0.2, 0.25) is 0 Å². The Bertz CT molecular complexity index is 562. The van der Waals surface area contributed by atoms with Crippen molar-refractivity contribution in [1.29, 1.82) is 0 Å². The minimum atomic E-state index is -0.643. The van der Waals surface area contributed by atoms with Crippen LogP contribution in [0.4, 0.5) is 21.9 Å². The van der Waals surface area contributed by atoms with Gasteiger partial charge in [0.2, 0.25) is 0 Å². The number of anilines is 2. The first-order valence-corrected chi connectivity index (χ1v) is 8.18. The van der Waals surface area contributed by atoms with Gasteiger partial charge in [0.15, 0.2) is 0 Å². The Morgan fingerprint density at radius 1 is 1.35 bits per heavy atom. The number of rotatable bonds is 6. The predicted molar refractivity (Wildman–Crippen MR) is 89.5 cm³/mol. The molecule has 0 atom stereocenters. The molecule has 0 aromatic heterocycles. The van der Waals surface area contributed by atoms with E-state index in [-0.39, 0.29) is 12.3 Å². The van der Waals surface area contributed by atoms with Crippen LogP contribution in [0.15, 0.2) is 18.2 Å². The molecule has 23 heavy (non-hydrogen) atoms. The van der Waals surface area contributed by atoms with Gasteiger partial charge in [-0.25, -0.2) is 4.79 Å². The number of piperidine rings is 1. The highest BCUT2D eigenvalue weighted by molar-refractivity contribution is 6.17. The number of ether oxygens (including phenoxy) is 1. The number of carbonyl (C=O) groups is 1. The number of carbonyl (C=O) groups excluding carboxylic acids is 1. The number of nitrogens with zero attached hydrogens (tertiary/aromatic N) is 2. The largest absolute Gasteiger partial charge is 0.449 e. The molecule has 1 N–H and O–H groups in total. The Labute approximate surface area is 139 Å². The number of halogens is 1. The topological polar surface area (TPSA) is 84.7 Å². The van der Waals surface area contributed by atoms with Crippen LogP contribution in [0.3, 0.4) is 0 Å². The first-order chi connectivity index (χ1) is 11.1. The highest BCUT2D eigenvalue weighted by atomic mass is 35.5. The van der Waals surface area contributed by atoms with Crippen molar-refractivity contribution in [3.05, 3.63) is 28.3 Å². The fraction of sp³-hybridized carbons (Fsp3) is 0.533.